The smallest absolute Gasteiger partial charge is 0.151 e. The van der Waals surface area contributed by atoms with Crippen molar-refractivity contribution in [2.75, 3.05) is 13.7 Å². The molecule has 1 aliphatic rings. The Hall–Kier alpha value is -2.25. The molecule has 25 heavy (non-hydrogen) atoms. The molecule has 1 N–H and O–H groups in total. The molecule has 0 saturated carbocycles. The molecular formula is C18H22FN5O. The van der Waals surface area contributed by atoms with Crippen LogP contribution in [-0.4, -0.2) is 44.2 Å². The van der Waals surface area contributed by atoms with Gasteiger partial charge in [0.05, 0.1) is 24.2 Å². The van der Waals surface area contributed by atoms with Crippen LogP contribution in [0.25, 0.3) is 11.0 Å². The number of hydrogen-bond acceptors (Lipinski definition) is 4. The molecule has 0 aliphatic carbocycles. The van der Waals surface area contributed by atoms with Crippen LogP contribution in [0.2, 0.25) is 0 Å². The Morgan fingerprint density at radius 3 is 3.00 bits per heavy atom. The maximum absolute atomic E-state index is 14.1. The lowest BCUT2D eigenvalue weighted by Crippen LogP contribution is -2.27. The zero-order chi connectivity index (χ0) is 17.4. The summed E-state index contributed by atoms with van der Waals surface area (Å²) in [5.74, 6) is 1.53. The Kier molecular flexibility index (Phi) is 4.27. The van der Waals surface area contributed by atoms with Crippen LogP contribution in [0.15, 0.2) is 30.6 Å². The van der Waals surface area contributed by atoms with E-state index >= 15 is 0 Å². The van der Waals surface area contributed by atoms with Crippen molar-refractivity contribution in [2.45, 2.75) is 38.6 Å². The minimum atomic E-state index is -0.273. The van der Waals surface area contributed by atoms with Gasteiger partial charge in [-0.25, -0.2) is 14.4 Å². The summed E-state index contributed by atoms with van der Waals surface area (Å²) in [4.78, 5) is 14.5. The second-order valence-corrected chi connectivity index (χ2v) is 6.39. The van der Waals surface area contributed by atoms with Crippen molar-refractivity contribution in [3.05, 3.63) is 48.1 Å². The Balaban J connectivity index is 1.68. The lowest BCUT2D eigenvalue weighted by Gasteiger charge is -2.22. The predicted molar refractivity (Wildman–Crippen MR) is 92.5 cm³/mol. The maximum Gasteiger partial charge on any atom is 0.151 e. The Morgan fingerprint density at radius 1 is 1.40 bits per heavy atom. The molecule has 1 fully saturated rings. The number of rotatable bonds is 5. The molecule has 0 amide bonds. The van der Waals surface area contributed by atoms with E-state index < -0.39 is 0 Å². The highest BCUT2D eigenvalue weighted by atomic mass is 19.1. The number of hydrogen-bond donors (Lipinski definition) is 1. The fraction of sp³-hybridized carbons (Fsp3) is 0.444. The largest absolute Gasteiger partial charge is 0.380 e. The van der Waals surface area contributed by atoms with Gasteiger partial charge in [-0.15, -0.1) is 0 Å². The van der Waals surface area contributed by atoms with Crippen molar-refractivity contribution in [3.63, 3.8) is 0 Å². The van der Waals surface area contributed by atoms with Gasteiger partial charge in [0.1, 0.15) is 17.2 Å². The minimum Gasteiger partial charge on any atom is -0.380 e. The van der Waals surface area contributed by atoms with Gasteiger partial charge in [0.25, 0.3) is 0 Å². The fourth-order valence-electron chi connectivity index (χ4n) is 3.77. The van der Waals surface area contributed by atoms with Crippen LogP contribution in [0.4, 0.5) is 4.39 Å². The Morgan fingerprint density at radius 2 is 2.28 bits per heavy atom. The van der Waals surface area contributed by atoms with Gasteiger partial charge in [0.2, 0.25) is 0 Å². The fourth-order valence-corrected chi connectivity index (χ4v) is 3.77. The van der Waals surface area contributed by atoms with Crippen LogP contribution in [0.1, 0.15) is 31.0 Å². The number of H-pyrrole nitrogens is 1. The van der Waals surface area contributed by atoms with E-state index in [0.29, 0.717) is 12.1 Å². The zero-order valence-electron chi connectivity index (χ0n) is 14.4. The average molecular weight is 343 g/mol. The summed E-state index contributed by atoms with van der Waals surface area (Å²) in [6.45, 7) is 4.24. The molecule has 1 unspecified atom stereocenters. The van der Waals surface area contributed by atoms with Gasteiger partial charge in [-0.2, -0.15) is 0 Å². The molecule has 3 heterocycles. The number of nitrogens with zero attached hydrogens (tertiary/aromatic N) is 4. The normalized spacial score (nSPS) is 21.4. The average Bonchev–Trinajstić information content (AvgIpc) is 3.33. The Labute approximate surface area is 145 Å². The number of aryl methyl sites for hydroxylation is 1. The van der Waals surface area contributed by atoms with Crippen molar-refractivity contribution >= 4 is 11.0 Å². The second kappa shape index (κ2) is 6.57. The first-order valence-electron chi connectivity index (χ1n) is 8.61. The number of methoxy groups -OCH3 is 1. The number of imidazole rings is 2. The molecule has 3 aromatic rings. The molecule has 2 atom stereocenters. The summed E-state index contributed by atoms with van der Waals surface area (Å²) in [5, 5.41) is 0. The van der Waals surface area contributed by atoms with Gasteiger partial charge in [-0.05, 0) is 25.5 Å². The van der Waals surface area contributed by atoms with E-state index in [4.69, 9.17) is 4.74 Å². The van der Waals surface area contributed by atoms with Crippen molar-refractivity contribution < 1.29 is 9.13 Å². The molecule has 1 saturated heterocycles. The van der Waals surface area contributed by atoms with E-state index in [1.165, 1.54) is 6.07 Å². The second-order valence-electron chi connectivity index (χ2n) is 6.39. The number of halogens is 1. The van der Waals surface area contributed by atoms with Crippen LogP contribution >= 0.6 is 0 Å². The van der Waals surface area contributed by atoms with E-state index in [1.807, 2.05) is 12.3 Å². The van der Waals surface area contributed by atoms with Crippen molar-refractivity contribution in [1.29, 1.82) is 0 Å². The highest BCUT2D eigenvalue weighted by Crippen LogP contribution is 2.33. The van der Waals surface area contributed by atoms with Gasteiger partial charge >= 0.3 is 0 Å². The number of ether oxygens (including phenoxy) is 1. The number of aromatic nitrogens is 4. The van der Waals surface area contributed by atoms with E-state index in [2.05, 4.69) is 31.3 Å². The van der Waals surface area contributed by atoms with E-state index in [1.54, 1.807) is 19.4 Å². The molecule has 1 aromatic carbocycles. The van der Waals surface area contributed by atoms with E-state index in [9.17, 15) is 4.39 Å². The molecule has 0 radical (unpaired) electrons. The van der Waals surface area contributed by atoms with Gasteiger partial charge in [-0.3, -0.25) is 4.90 Å². The summed E-state index contributed by atoms with van der Waals surface area (Å²) in [7, 11) is 1.74. The first-order chi connectivity index (χ1) is 12.2. The predicted octanol–water partition coefficient (Wildman–Crippen LogP) is 2.88. The van der Waals surface area contributed by atoms with Crippen LogP contribution in [0.3, 0.4) is 0 Å². The molecular weight excluding hydrogens is 321 g/mol. The number of benzene rings is 1. The molecule has 2 aromatic heterocycles. The van der Waals surface area contributed by atoms with Gasteiger partial charge in [0.15, 0.2) is 5.82 Å². The topological polar surface area (TPSA) is 59.0 Å². The monoisotopic (exact) mass is 343 g/mol. The standard InChI is InChI=1S/C18H22FN5O/c1-3-24-14-6-4-5-13(19)17(14)22-16(24)11-23-10-12(25-2)9-15(23)18-20-7-8-21-18/h4-8,12,15H,3,9-11H2,1-2H3,(H,20,21)/t12-,15?/m1/s1. The van der Waals surface area contributed by atoms with Crippen LogP contribution in [0, 0.1) is 5.82 Å². The summed E-state index contributed by atoms with van der Waals surface area (Å²) < 4.78 is 21.8. The lowest BCUT2D eigenvalue weighted by atomic mass is 10.2. The summed E-state index contributed by atoms with van der Waals surface area (Å²) in [5.41, 5.74) is 1.28. The van der Waals surface area contributed by atoms with Gasteiger partial charge in [0, 0.05) is 32.6 Å². The van der Waals surface area contributed by atoms with Crippen molar-refractivity contribution in [1.82, 2.24) is 24.4 Å². The molecule has 0 spiro atoms. The highest BCUT2D eigenvalue weighted by Gasteiger charge is 2.35. The number of para-hydroxylation sites is 1. The van der Waals surface area contributed by atoms with Crippen LogP contribution in [-0.2, 0) is 17.8 Å². The number of nitrogens with one attached hydrogen (secondary N) is 1. The molecule has 6 nitrogen and oxygen atoms in total. The summed E-state index contributed by atoms with van der Waals surface area (Å²) in [6.07, 6.45) is 4.64. The third kappa shape index (κ3) is 2.83. The van der Waals surface area contributed by atoms with Crippen molar-refractivity contribution in [3.8, 4) is 0 Å². The SMILES string of the molecule is CCn1c(CN2C[C@H](OC)CC2c2ncc[nH]2)nc2c(F)cccc21. The Bertz CT molecular complexity index is 860. The first kappa shape index (κ1) is 16.2. The zero-order valence-corrected chi connectivity index (χ0v) is 14.4. The quantitative estimate of drug-likeness (QED) is 0.774. The summed E-state index contributed by atoms with van der Waals surface area (Å²) >= 11 is 0. The maximum atomic E-state index is 14.1. The highest BCUT2D eigenvalue weighted by molar-refractivity contribution is 5.76. The molecule has 0 bridgehead atoms. The third-order valence-electron chi connectivity index (χ3n) is 5.00. The number of aromatic amines is 1. The van der Waals surface area contributed by atoms with Crippen LogP contribution < -0.4 is 0 Å². The van der Waals surface area contributed by atoms with Gasteiger partial charge < -0.3 is 14.3 Å². The molecule has 132 valence electrons. The van der Waals surface area contributed by atoms with E-state index in [-0.39, 0.29) is 18.0 Å². The molecule has 1 aliphatic heterocycles. The minimum absolute atomic E-state index is 0.148. The number of likely N-dealkylation sites (tertiary alicyclic amines) is 1. The lowest BCUT2D eigenvalue weighted by molar-refractivity contribution is 0.106. The molecule has 7 heteroatoms. The van der Waals surface area contributed by atoms with E-state index in [0.717, 1.165) is 36.7 Å². The summed E-state index contributed by atoms with van der Waals surface area (Å²) in [6, 6.07) is 5.26. The molecule has 4 rings (SSSR count). The number of fused-ring (bicyclic) bond motifs is 1. The van der Waals surface area contributed by atoms with Crippen molar-refractivity contribution in [2.24, 2.45) is 0 Å². The third-order valence-corrected chi connectivity index (χ3v) is 5.00. The first-order valence-corrected chi connectivity index (χ1v) is 8.61. The van der Waals surface area contributed by atoms with Crippen LogP contribution in [0.5, 0.6) is 0 Å². The van der Waals surface area contributed by atoms with Gasteiger partial charge in [-0.1, -0.05) is 6.07 Å².